The molecule has 3 rings (SSSR count). The minimum Gasteiger partial charge on any atom is -0.357 e. The third-order valence-corrected chi connectivity index (χ3v) is 4.79. The molecule has 1 radical (unpaired) electrons. The predicted molar refractivity (Wildman–Crippen MR) is 74.0 cm³/mol. The number of hydrogen-bond acceptors (Lipinski definition) is 4. The molecule has 2 aliphatic rings. The Balaban J connectivity index is 1.97. The second-order valence-electron chi connectivity index (χ2n) is 4.80. The highest BCUT2D eigenvalue weighted by Crippen LogP contribution is 2.46. The Labute approximate surface area is 109 Å². The fourth-order valence-electron chi connectivity index (χ4n) is 2.67. The molecule has 97 valence electrons. The fraction of sp³-hybridized carbons (Fsp3) is 0.462. The molecule has 0 bridgehead atoms. The molecule has 4 nitrogen and oxygen atoms in total. The van der Waals surface area contributed by atoms with Crippen LogP contribution in [0.2, 0.25) is 0 Å². The van der Waals surface area contributed by atoms with Gasteiger partial charge in [0.25, 0.3) is 0 Å². The van der Waals surface area contributed by atoms with Crippen LogP contribution in [-0.4, -0.2) is 38.7 Å². The topological polar surface area (TPSA) is 56.1 Å². The van der Waals surface area contributed by atoms with Gasteiger partial charge in [0.15, 0.2) is 0 Å². The van der Waals surface area contributed by atoms with E-state index in [-0.39, 0.29) is 5.92 Å². The lowest BCUT2D eigenvalue weighted by Gasteiger charge is -2.43. The average molecular weight is 265 g/mol. The maximum Gasteiger partial charge on any atom is 0.132 e. The number of rotatable bonds is 1. The number of fused-ring (bicyclic) bond motifs is 1. The van der Waals surface area contributed by atoms with E-state index in [0.29, 0.717) is 12.3 Å². The van der Waals surface area contributed by atoms with Crippen LogP contribution in [0.25, 0.3) is 0 Å². The van der Waals surface area contributed by atoms with Gasteiger partial charge < -0.3 is 4.90 Å². The minimum absolute atomic E-state index is 0.194. The molecule has 0 spiro atoms. The van der Waals surface area contributed by atoms with Gasteiger partial charge in [-0.2, -0.15) is 0 Å². The summed E-state index contributed by atoms with van der Waals surface area (Å²) in [6.07, 6.45) is 2.15. The first kappa shape index (κ1) is 12.0. The van der Waals surface area contributed by atoms with Crippen LogP contribution in [0.1, 0.15) is 24.3 Å². The molecule has 0 unspecified atom stereocenters. The van der Waals surface area contributed by atoms with Crippen LogP contribution < -0.4 is 0 Å². The molecule has 1 aromatic carbocycles. The lowest BCUT2D eigenvalue weighted by Crippen LogP contribution is -2.45. The molecule has 1 aromatic rings. The molecule has 2 aliphatic heterocycles. The van der Waals surface area contributed by atoms with Gasteiger partial charge in [0.2, 0.25) is 0 Å². The zero-order chi connectivity index (χ0) is 12.6. The molecule has 2 heterocycles. The molecule has 1 fully saturated rings. The number of nitrogens with zero attached hydrogens (tertiary/aromatic N) is 2. The molecule has 2 N–H and O–H groups in total. The van der Waals surface area contributed by atoms with E-state index in [4.69, 9.17) is 0 Å². The summed E-state index contributed by atoms with van der Waals surface area (Å²) < 4.78 is 23.8. The Morgan fingerprint density at radius 3 is 2.83 bits per heavy atom. The highest BCUT2D eigenvalue weighted by atomic mass is 32.3. The van der Waals surface area contributed by atoms with E-state index < -0.39 is 10.8 Å². The molecule has 18 heavy (non-hydrogen) atoms. The smallest absolute Gasteiger partial charge is 0.132 e. The quantitative estimate of drug-likeness (QED) is 0.821. The molecule has 0 aliphatic carbocycles. The molecular weight excluding hydrogens is 248 g/mol. The van der Waals surface area contributed by atoms with Crippen LogP contribution in [0.3, 0.4) is 0 Å². The number of benzene rings is 1. The van der Waals surface area contributed by atoms with E-state index in [2.05, 4.69) is 15.4 Å². The highest BCUT2D eigenvalue weighted by Gasteiger charge is 2.33. The Kier molecular flexibility index (Phi) is 3.05. The Morgan fingerprint density at radius 1 is 1.28 bits per heavy atom. The molecule has 0 aromatic heterocycles. The monoisotopic (exact) mass is 265 g/mol. The van der Waals surface area contributed by atoms with Crippen molar-refractivity contribution in [2.75, 3.05) is 18.8 Å². The van der Waals surface area contributed by atoms with Gasteiger partial charge >= 0.3 is 0 Å². The largest absolute Gasteiger partial charge is 0.357 e. The number of piperidine rings is 1. The standard InChI is InChI=1S/C13H17N2O2S/c16-18(17)10-9-15-8-4-7-12(13(15)14-18)11-5-2-1-3-6-11/h2-3,5-6,12,16-17H,4,7-10H2/t12-/m0/s1. The van der Waals surface area contributed by atoms with E-state index in [1.165, 1.54) is 5.56 Å². The lowest BCUT2D eigenvalue weighted by atomic mass is 9.89. The van der Waals surface area contributed by atoms with Gasteiger partial charge in [0, 0.05) is 19.0 Å². The third-order valence-electron chi connectivity index (χ3n) is 3.58. The van der Waals surface area contributed by atoms with Crippen molar-refractivity contribution in [3.8, 4) is 0 Å². The van der Waals surface area contributed by atoms with E-state index in [1.807, 2.05) is 24.3 Å². The van der Waals surface area contributed by atoms with Crippen molar-refractivity contribution >= 4 is 16.6 Å². The zero-order valence-corrected chi connectivity index (χ0v) is 10.9. The summed E-state index contributed by atoms with van der Waals surface area (Å²) >= 11 is 0. The maximum absolute atomic E-state index is 9.80. The normalized spacial score (nSPS) is 28.2. The Bertz CT molecular complexity index is 461. The average Bonchev–Trinajstić information content (AvgIpc) is 2.38. The van der Waals surface area contributed by atoms with E-state index in [0.717, 1.165) is 25.2 Å². The first-order valence-electron chi connectivity index (χ1n) is 6.22. The van der Waals surface area contributed by atoms with E-state index >= 15 is 0 Å². The van der Waals surface area contributed by atoms with Crippen LogP contribution >= 0.6 is 10.8 Å². The fourth-order valence-corrected chi connectivity index (χ4v) is 3.77. The third kappa shape index (κ3) is 2.25. The maximum atomic E-state index is 9.80. The lowest BCUT2D eigenvalue weighted by molar-refractivity contribution is 0.356. The summed E-state index contributed by atoms with van der Waals surface area (Å²) in [7, 11) is -2.76. The van der Waals surface area contributed by atoms with Gasteiger partial charge in [0.05, 0.1) is 5.75 Å². The van der Waals surface area contributed by atoms with Gasteiger partial charge in [-0.25, -0.2) is 0 Å². The van der Waals surface area contributed by atoms with Gasteiger partial charge in [-0.05, 0) is 24.5 Å². The van der Waals surface area contributed by atoms with Crippen molar-refractivity contribution in [1.29, 1.82) is 0 Å². The van der Waals surface area contributed by atoms with Gasteiger partial charge in [-0.3, -0.25) is 9.11 Å². The van der Waals surface area contributed by atoms with Crippen molar-refractivity contribution in [2.24, 2.45) is 4.40 Å². The molecule has 1 atom stereocenters. The molecule has 0 amide bonds. The number of amidine groups is 1. The van der Waals surface area contributed by atoms with Crippen LogP contribution in [0.15, 0.2) is 28.7 Å². The summed E-state index contributed by atoms with van der Waals surface area (Å²) in [5.41, 5.74) is 1.19. The van der Waals surface area contributed by atoms with Gasteiger partial charge in [-0.1, -0.05) is 35.0 Å². The summed E-state index contributed by atoms with van der Waals surface area (Å²) in [6, 6.07) is 10.9. The summed E-state index contributed by atoms with van der Waals surface area (Å²) in [5, 5.41) is 0. The van der Waals surface area contributed by atoms with Crippen molar-refractivity contribution in [3.05, 3.63) is 35.9 Å². The first-order valence-corrected chi connectivity index (χ1v) is 7.90. The summed E-state index contributed by atoms with van der Waals surface area (Å²) in [6.45, 7) is 1.68. The molecular formula is C13H17N2O2S. The predicted octanol–water partition coefficient (Wildman–Crippen LogP) is 2.74. The van der Waals surface area contributed by atoms with Crippen molar-refractivity contribution < 1.29 is 9.11 Å². The second kappa shape index (κ2) is 4.57. The summed E-state index contributed by atoms with van der Waals surface area (Å²) in [5.74, 6) is 1.42. The van der Waals surface area contributed by atoms with Crippen molar-refractivity contribution in [1.82, 2.24) is 4.90 Å². The summed E-state index contributed by atoms with van der Waals surface area (Å²) in [4.78, 5) is 2.20. The number of hydrogen-bond donors (Lipinski definition) is 2. The molecule has 1 saturated heterocycles. The van der Waals surface area contributed by atoms with E-state index in [9.17, 15) is 9.11 Å². The van der Waals surface area contributed by atoms with Crippen LogP contribution in [0, 0.1) is 6.07 Å². The van der Waals surface area contributed by atoms with Gasteiger partial charge in [0.1, 0.15) is 5.84 Å². The van der Waals surface area contributed by atoms with Crippen LogP contribution in [-0.2, 0) is 0 Å². The Morgan fingerprint density at radius 2 is 2.06 bits per heavy atom. The van der Waals surface area contributed by atoms with Gasteiger partial charge in [-0.15, -0.1) is 4.40 Å². The SMILES string of the molecule is OS1(O)CCN2CCC[C@@H](c3cc[c]cc3)C2=N1. The minimum atomic E-state index is -2.76. The molecule has 0 saturated carbocycles. The van der Waals surface area contributed by atoms with Crippen molar-refractivity contribution in [3.63, 3.8) is 0 Å². The van der Waals surface area contributed by atoms with Crippen molar-refractivity contribution in [2.45, 2.75) is 18.8 Å². The Hall–Kier alpha value is -1.04. The second-order valence-corrected chi connectivity index (χ2v) is 6.66. The first-order chi connectivity index (χ1) is 8.66. The van der Waals surface area contributed by atoms with Crippen LogP contribution in [0.4, 0.5) is 0 Å². The molecule has 5 heteroatoms. The van der Waals surface area contributed by atoms with Crippen LogP contribution in [0.5, 0.6) is 0 Å². The zero-order valence-electron chi connectivity index (χ0n) is 10.1. The van der Waals surface area contributed by atoms with E-state index in [1.54, 1.807) is 0 Å². The highest BCUT2D eigenvalue weighted by molar-refractivity contribution is 8.23.